The van der Waals surface area contributed by atoms with Crippen LogP contribution in [0.15, 0.2) is 42.6 Å². The first-order chi connectivity index (χ1) is 16.6. The van der Waals surface area contributed by atoms with Gasteiger partial charge in [-0.1, -0.05) is 22.9 Å². The Kier molecular flexibility index (Phi) is 8.84. The normalized spacial score (nSPS) is 14.2. The van der Waals surface area contributed by atoms with Crippen LogP contribution in [0.1, 0.15) is 12.1 Å². The molecule has 34 heavy (non-hydrogen) atoms. The summed E-state index contributed by atoms with van der Waals surface area (Å²) in [5, 5.41) is 10.8. The number of carbonyl (C=O) groups excluding carboxylic acids is 1. The second kappa shape index (κ2) is 12.2. The smallest absolute Gasteiger partial charge is 0.227 e. The van der Waals surface area contributed by atoms with E-state index < -0.39 is 0 Å². The van der Waals surface area contributed by atoms with Crippen molar-refractivity contribution in [2.75, 3.05) is 56.6 Å². The molecule has 10 heteroatoms. The fraction of sp³-hybridized carbons (Fsp3) is 0.375. The van der Waals surface area contributed by atoms with Crippen LogP contribution in [0.4, 0.5) is 16.6 Å². The van der Waals surface area contributed by atoms with Crippen molar-refractivity contribution in [3.63, 3.8) is 0 Å². The van der Waals surface area contributed by atoms with Crippen LogP contribution in [0.2, 0.25) is 5.02 Å². The van der Waals surface area contributed by atoms with Crippen LogP contribution in [0.3, 0.4) is 0 Å². The Morgan fingerprint density at radius 3 is 2.76 bits per heavy atom. The van der Waals surface area contributed by atoms with E-state index in [4.69, 9.17) is 16.3 Å². The molecule has 0 unspecified atom stereocenters. The molecule has 0 atom stereocenters. The Hall–Kier alpha value is -2.56. The van der Waals surface area contributed by atoms with Crippen LogP contribution < -0.4 is 16.0 Å². The first kappa shape index (κ1) is 24.6. The number of amides is 1. The van der Waals surface area contributed by atoms with Crippen molar-refractivity contribution >= 4 is 45.5 Å². The zero-order valence-corrected chi connectivity index (χ0v) is 20.7. The quantitative estimate of drug-likeness (QED) is 0.360. The summed E-state index contributed by atoms with van der Waals surface area (Å²) in [7, 11) is 0. The van der Waals surface area contributed by atoms with Crippen LogP contribution in [0, 0.1) is 6.92 Å². The number of aryl methyl sites for hydroxylation is 1. The number of pyridine rings is 1. The lowest BCUT2D eigenvalue weighted by Crippen LogP contribution is -2.40. The molecule has 3 heterocycles. The number of hydrogen-bond donors (Lipinski definition) is 3. The first-order valence-corrected chi connectivity index (χ1v) is 12.5. The molecule has 1 aromatic carbocycles. The van der Waals surface area contributed by atoms with E-state index in [1.54, 1.807) is 6.20 Å². The monoisotopic (exact) mass is 500 g/mol. The minimum atomic E-state index is -0.0426. The average molecular weight is 501 g/mol. The predicted molar refractivity (Wildman–Crippen MR) is 138 cm³/mol. The van der Waals surface area contributed by atoms with Gasteiger partial charge in [0.2, 0.25) is 5.91 Å². The maximum Gasteiger partial charge on any atom is 0.227 e. The number of halogens is 1. The van der Waals surface area contributed by atoms with E-state index in [1.165, 1.54) is 11.3 Å². The zero-order valence-electron chi connectivity index (χ0n) is 19.1. The number of benzene rings is 1. The molecular weight excluding hydrogens is 472 g/mol. The number of rotatable bonds is 10. The third-order valence-corrected chi connectivity index (χ3v) is 6.79. The topological polar surface area (TPSA) is 91.4 Å². The van der Waals surface area contributed by atoms with E-state index in [0.29, 0.717) is 23.1 Å². The highest BCUT2D eigenvalue weighted by atomic mass is 35.5. The third-order valence-electron chi connectivity index (χ3n) is 5.42. The van der Waals surface area contributed by atoms with Crippen LogP contribution >= 0.6 is 22.9 Å². The molecule has 3 aromatic rings. The van der Waals surface area contributed by atoms with Gasteiger partial charge in [-0.05, 0) is 48.9 Å². The second-order valence-corrected chi connectivity index (χ2v) is 9.43. The highest BCUT2D eigenvalue weighted by Crippen LogP contribution is 2.34. The fourth-order valence-corrected chi connectivity index (χ4v) is 4.71. The molecule has 0 aliphatic carbocycles. The van der Waals surface area contributed by atoms with Gasteiger partial charge >= 0.3 is 0 Å². The minimum Gasteiger partial charge on any atom is -0.379 e. The number of hydrogen-bond acceptors (Lipinski definition) is 8. The molecule has 3 N–H and O–H groups in total. The molecule has 180 valence electrons. The number of anilines is 3. The van der Waals surface area contributed by atoms with E-state index >= 15 is 0 Å². The Morgan fingerprint density at radius 2 is 1.97 bits per heavy atom. The molecule has 4 rings (SSSR count). The van der Waals surface area contributed by atoms with E-state index in [9.17, 15) is 4.79 Å². The molecule has 0 radical (unpaired) electrons. The van der Waals surface area contributed by atoms with Crippen LogP contribution in [-0.2, 0) is 9.53 Å². The van der Waals surface area contributed by atoms with Gasteiger partial charge in [0, 0.05) is 56.1 Å². The number of nitrogens with one attached hydrogen (secondary N) is 3. The van der Waals surface area contributed by atoms with Crippen molar-refractivity contribution in [1.82, 2.24) is 20.2 Å². The van der Waals surface area contributed by atoms with Crippen LogP contribution in [0.25, 0.3) is 10.4 Å². The van der Waals surface area contributed by atoms with Gasteiger partial charge < -0.3 is 20.7 Å². The van der Waals surface area contributed by atoms with E-state index in [1.807, 2.05) is 43.3 Å². The molecule has 0 bridgehead atoms. The Morgan fingerprint density at radius 1 is 1.18 bits per heavy atom. The van der Waals surface area contributed by atoms with Gasteiger partial charge in [0.25, 0.3) is 0 Å². The molecule has 0 spiro atoms. The summed E-state index contributed by atoms with van der Waals surface area (Å²) in [6, 6.07) is 11.4. The molecule has 1 saturated heterocycles. The number of thiazole rings is 1. The largest absolute Gasteiger partial charge is 0.379 e. The van der Waals surface area contributed by atoms with Gasteiger partial charge in [-0.25, -0.2) is 9.97 Å². The van der Waals surface area contributed by atoms with Gasteiger partial charge in [0.05, 0.1) is 23.8 Å². The summed E-state index contributed by atoms with van der Waals surface area (Å²) in [6.07, 6.45) is 2.16. The first-order valence-electron chi connectivity index (χ1n) is 11.3. The van der Waals surface area contributed by atoms with E-state index in [-0.39, 0.29) is 5.91 Å². The lowest BCUT2D eigenvalue weighted by molar-refractivity contribution is -0.116. The molecule has 1 aliphatic heterocycles. The minimum absolute atomic E-state index is 0.0426. The fourth-order valence-electron chi connectivity index (χ4n) is 3.61. The highest BCUT2D eigenvalue weighted by molar-refractivity contribution is 7.19. The number of morpholine rings is 1. The molecule has 0 saturated carbocycles. The van der Waals surface area contributed by atoms with Gasteiger partial charge in [0.15, 0.2) is 5.13 Å². The maximum atomic E-state index is 12.4. The summed E-state index contributed by atoms with van der Waals surface area (Å²) in [6.45, 7) is 7.98. The average Bonchev–Trinajstić information content (AvgIpc) is 3.21. The Balaban J connectivity index is 1.27. The number of ether oxygens (including phenoxy) is 1. The van der Waals surface area contributed by atoms with Crippen molar-refractivity contribution in [3.8, 4) is 10.4 Å². The van der Waals surface area contributed by atoms with E-state index in [2.05, 4.69) is 30.8 Å². The van der Waals surface area contributed by atoms with Crippen molar-refractivity contribution in [2.45, 2.75) is 13.3 Å². The van der Waals surface area contributed by atoms with Crippen molar-refractivity contribution in [2.24, 2.45) is 0 Å². The van der Waals surface area contributed by atoms with Crippen molar-refractivity contribution in [3.05, 3.63) is 53.3 Å². The molecular formula is C24H29ClN6O2S. The van der Waals surface area contributed by atoms with Gasteiger partial charge in [-0.15, -0.1) is 0 Å². The van der Waals surface area contributed by atoms with Crippen LogP contribution in [0.5, 0.6) is 0 Å². The summed E-state index contributed by atoms with van der Waals surface area (Å²) in [5.41, 5.74) is 2.76. The summed E-state index contributed by atoms with van der Waals surface area (Å²) >= 11 is 7.42. The van der Waals surface area contributed by atoms with Gasteiger partial charge in [-0.2, -0.15) is 0 Å². The Bertz CT molecular complexity index is 1090. The second-order valence-electron chi connectivity index (χ2n) is 8.00. The van der Waals surface area contributed by atoms with Crippen molar-refractivity contribution in [1.29, 1.82) is 0 Å². The SMILES string of the molecule is Cc1nc(NC(=O)CCNCCN2CCOCC2)sc1-c1ccnc(Nc2ccc(Cl)cc2)c1. The van der Waals surface area contributed by atoms with Crippen LogP contribution in [-0.4, -0.2) is 66.7 Å². The summed E-state index contributed by atoms with van der Waals surface area (Å²) < 4.78 is 5.36. The highest BCUT2D eigenvalue weighted by Gasteiger charge is 2.13. The molecule has 2 aromatic heterocycles. The number of aromatic nitrogens is 2. The summed E-state index contributed by atoms with van der Waals surface area (Å²) in [5.74, 6) is 0.681. The van der Waals surface area contributed by atoms with Gasteiger partial charge in [-0.3, -0.25) is 9.69 Å². The molecule has 1 aliphatic rings. The molecule has 8 nitrogen and oxygen atoms in total. The molecule has 1 fully saturated rings. The number of nitrogens with zero attached hydrogens (tertiary/aromatic N) is 3. The van der Waals surface area contributed by atoms with Gasteiger partial charge in [0.1, 0.15) is 5.82 Å². The summed E-state index contributed by atoms with van der Waals surface area (Å²) in [4.78, 5) is 24.7. The maximum absolute atomic E-state index is 12.4. The third kappa shape index (κ3) is 7.22. The lowest BCUT2D eigenvalue weighted by Gasteiger charge is -2.26. The predicted octanol–water partition coefficient (Wildman–Crippen LogP) is 4.16. The molecule has 1 amide bonds. The Labute approximate surface area is 208 Å². The van der Waals surface area contributed by atoms with E-state index in [0.717, 1.165) is 67.0 Å². The lowest BCUT2D eigenvalue weighted by atomic mass is 10.2. The standard InChI is InChI=1S/C24H29ClN6O2S/c1-17-23(18-6-9-27-21(16-18)29-20-4-2-19(25)3-5-20)34-24(28-17)30-22(32)7-8-26-10-11-31-12-14-33-15-13-31/h2-6,9,16,26H,7-8,10-15H2,1H3,(H,27,29)(H,28,30,32). The van der Waals surface area contributed by atoms with Crippen molar-refractivity contribution < 1.29 is 9.53 Å². The number of carbonyl (C=O) groups is 1. The zero-order chi connectivity index (χ0) is 23.8.